The van der Waals surface area contributed by atoms with Gasteiger partial charge in [-0.2, -0.15) is 0 Å². The zero-order valence-corrected chi connectivity index (χ0v) is 10.3. The first-order valence-electron chi connectivity index (χ1n) is 5.81. The highest BCUT2D eigenvalue weighted by Gasteiger charge is 2.12. The number of anilines is 1. The van der Waals surface area contributed by atoms with Crippen molar-refractivity contribution in [1.82, 2.24) is 4.98 Å². The maximum absolute atomic E-state index is 14.0. The van der Waals surface area contributed by atoms with Crippen LogP contribution in [-0.2, 0) is 13.1 Å². The molecule has 0 saturated heterocycles. The molecule has 1 aromatic heterocycles. The molecule has 0 saturated carbocycles. The summed E-state index contributed by atoms with van der Waals surface area (Å²) >= 11 is 0. The summed E-state index contributed by atoms with van der Waals surface area (Å²) in [4.78, 5) is 5.86. The standard InChI is InChI=1S/C14H16FN3/c1-18(10-11-5-3-2-4-6-11)14-13(15)12(9-16)7-8-17-14/h2-8H,9-10,16H2,1H3. The molecule has 18 heavy (non-hydrogen) atoms. The molecule has 0 bridgehead atoms. The molecule has 1 heterocycles. The summed E-state index contributed by atoms with van der Waals surface area (Å²) in [5.74, 6) is 0.000217. The summed E-state index contributed by atoms with van der Waals surface area (Å²) in [6.45, 7) is 0.791. The van der Waals surface area contributed by atoms with Crippen LogP contribution in [0.5, 0.6) is 0 Å². The first-order valence-corrected chi connectivity index (χ1v) is 5.81. The lowest BCUT2D eigenvalue weighted by Crippen LogP contribution is -2.20. The van der Waals surface area contributed by atoms with Gasteiger partial charge in [0, 0.05) is 31.9 Å². The number of pyridine rings is 1. The molecule has 2 N–H and O–H groups in total. The van der Waals surface area contributed by atoms with Gasteiger partial charge in [0.25, 0.3) is 0 Å². The van der Waals surface area contributed by atoms with Crippen molar-refractivity contribution in [3.05, 3.63) is 59.5 Å². The van der Waals surface area contributed by atoms with Crippen LogP contribution >= 0.6 is 0 Å². The van der Waals surface area contributed by atoms with Gasteiger partial charge in [0.2, 0.25) is 0 Å². The van der Waals surface area contributed by atoms with Crippen molar-refractivity contribution >= 4 is 5.82 Å². The molecule has 0 unspecified atom stereocenters. The van der Waals surface area contributed by atoms with Crippen LogP contribution < -0.4 is 10.6 Å². The van der Waals surface area contributed by atoms with Gasteiger partial charge in [0.1, 0.15) is 0 Å². The van der Waals surface area contributed by atoms with E-state index < -0.39 is 0 Å². The molecule has 0 amide bonds. The van der Waals surface area contributed by atoms with Gasteiger partial charge in [-0.1, -0.05) is 30.3 Å². The van der Waals surface area contributed by atoms with Crippen molar-refractivity contribution in [1.29, 1.82) is 0 Å². The number of benzene rings is 1. The van der Waals surface area contributed by atoms with Gasteiger partial charge in [-0.15, -0.1) is 0 Å². The summed E-state index contributed by atoms with van der Waals surface area (Å²) in [6.07, 6.45) is 1.59. The second-order valence-electron chi connectivity index (χ2n) is 4.15. The first kappa shape index (κ1) is 12.5. The van der Waals surface area contributed by atoms with E-state index in [0.29, 0.717) is 17.9 Å². The van der Waals surface area contributed by atoms with Gasteiger partial charge < -0.3 is 10.6 Å². The molecular formula is C14H16FN3. The Morgan fingerprint density at radius 1 is 1.22 bits per heavy atom. The third-order valence-electron chi connectivity index (χ3n) is 2.79. The van der Waals surface area contributed by atoms with E-state index in [0.717, 1.165) is 5.56 Å². The number of rotatable bonds is 4. The van der Waals surface area contributed by atoms with Crippen molar-refractivity contribution in [3.8, 4) is 0 Å². The molecule has 3 nitrogen and oxygen atoms in total. The number of aromatic nitrogens is 1. The highest BCUT2D eigenvalue weighted by atomic mass is 19.1. The molecule has 0 fully saturated rings. The topological polar surface area (TPSA) is 42.2 Å². The predicted octanol–water partition coefficient (Wildman–Crippen LogP) is 2.32. The molecule has 0 radical (unpaired) electrons. The Morgan fingerprint density at radius 2 is 1.94 bits per heavy atom. The van der Waals surface area contributed by atoms with Gasteiger partial charge in [-0.05, 0) is 11.6 Å². The lowest BCUT2D eigenvalue weighted by atomic mass is 10.2. The van der Waals surface area contributed by atoms with E-state index in [1.165, 1.54) is 0 Å². The number of nitrogens with two attached hydrogens (primary N) is 1. The van der Waals surface area contributed by atoms with Crippen LogP contribution in [0.4, 0.5) is 10.2 Å². The molecule has 0 aliphatic rings. The van der Waals surface area contributed by atoms with Crippen LogP contribution in [0.2, 0.25) is 0 Å². The first-order chi connectivity index (χ1) is 8.72. The fraction of sp³-hybridized carbons (Fsp3) is 0.214. The molecule has 4 heteroatoms. The number of halogens is 1. The Morgan fingerprint density at radius 3 is 2.61 bits per heavy atom. The van der Waals surface area contributed by atoms with E-state index in [2.05, 4.69) is 4.98 Å². The van der Waals surface area contributed by atoms with Crippen molar-refractivity contribution in [2.75, 3.05) is 11.9 Å². The molecule has 2 aromatic rings. The second kappa shape index (κ2) is 5.60. The molecular weight excluding hydrogens is 229 g/mol. The fourth-order valence-electron chi connectivity index (χ4n) is 1.83. The third kappa shape index (κ3) is 2.65. The predicted molar refractivity (Wildman–Crippen MR) is 70.6 cm³/mol. The summed E-state index contributed by atoms with van der Waals surface area (Å²) in [7, 11) is 1.82. The summed E-state index contributed by atoms with van der Waals surface area (Å²) in [6, 6.07) is 11.5. The van der Waals surface area contributed by atoms with Gasteiger partial charge in [-0.3, -0.25) is 0 Å². The Hall–Kier alpha value is -1.94. The minimum Gasteiger partial charge on any atom is -0.353 e. The van der Waals surface area contributed by atoms with E-state index in [9.17, 15) is 4.39 Å². The molecule has 1 aromatic carbocycles. The maximum atomic E-state index is 14.0. The molecule has 2 rings (SSSR count). The highest BCUT2D eigenvalue weighted by Crippen LogP contribution is 2.19. The number of nitrogens with zero attached hydrogens (tertiary/aromatic N) is 2. The average molecular weight is 245 g/mol. The summed E-state index contributed by atoms with van der Waals surface area (Å²) in [5, 5.41) is 0. The van der Waals surface area contributed by atoms with Crippen LogP contribution in [0.15, 0.2) is 42.6 Å². The molecule has 0 atom stereocenters. The van der Waals surface area contributed by atoms with Gasteiger partial charge in [0.15, 0.2) is 11.6 Å². The minimum atomic E-state index is -0.335. The van der Waals surface area contributed by atoms with E-state index >= 15 is 0 Å². The molecule has 0 aliphatic heterocycles. The summed E-state index contributed by atoms with van der Waals surface area (Å²) < 4.78 is 14.0. The monoisotopic (exact) mass is 245 g/mol. The molecule has 94 valence electrons. The van der Waals surface area contributed by atoms with Gasteiger partial charge in [0.05, 0.1) is 0 Å². The SMILES string of the molecule is CN(Cc1ccccc1)c1nccc(CN)c1F. The van der Waals surface area contributed by atoms with E-state index in [-0.39, 0.29) is 12.4 Å². The Balaban J connectivity index is 2.21. The number of hydrogen-bond donors (Lipinski definition) is 1. The van der Waals surface area contributed by atoms with E-state index in [1.54, 1.807) is 17.2 Å². The minimum absolute atomic E-state index is 0.181. The van der Waals surface area contributed by atoms with Crippen LogP contribution in [0.3, 0.4) is 0 Å². The zero-order chi connectivity index (χ0) is 13.0. The third-order valence-corrected chi connectivity index (χ3v) is 2.79. The number of hydrogen-bond acceptors (Lipinski definition) is 3. The van der Waals surface area contributed by atoms with Crippen molar-refractivity contribution in [2.24, 2.45) is 5.73 Å². The van der Waals surface area contributed by atoms with E-state index in [1.807, 2.05) is 37.4 Å². The van der Waals surface area contributed by atoms with Crippen molar-refractivity contribution in [3.63, 3.8) is 0 Å². The second-order valence-corrected chi connectivity index (χ2v) is 4.15. The Kier molecular flexibility index (Phi) is 3.89. The van der Waals surface area contributed by atoms with Crippen LogP contribution in [0.1, 0.15) is 11.1 Å². The summed E-state index contributed by atoms with van der Waals surface area (Å²) in [5.41, 5.74) is 7.08. The largest absolute Gasteiger partial charge is 0.353 e. The lowest BCUT2D eigenvalue weighted by Gasteiger charge is -2.19. The normalized spacial score (nSPS) is 10.4. The molecule has 0 spiro atoms. The highest BCUT2D eigenvalue weighted by molar-refractivity contribution is 5.43. The van der Waals surface area contributed by atoms with Crippen LogP contribution in [0.25, 0.3) is 0 Å². The fourth-order valence-corrected chi connectivity index (χ4v) is 1.83. The maximum Gasteiger partial charge on any atom is 0.170 e. The Bertz CT molecular complexity index is 514. The van der Waals surface area contributed by atoms with Crippen LogP contribution in [-0.4, -0.2) is 12.0 Å². The lowest BCUT2D eigenvalue weighted by molar-refractivity contribution is 0.598. The van der Waals surface area contributed by atoms with Crippen molar-refractivity contribution < 1.29 is 4.39 Å². The van der Waals surface area contributed by atoms with Gasteiger partial charge in [-0.25, -0.2) is 9.37 Å². The zero-order valence-electron chi connectivity index (χ0n) is 10.3. The van der Waals surface area contributed by atoms with Gasteiger partial charge >= 0.3 is 0 Å². The quantitative estimate of drug-likeness (QED) is 0.898. The van der Waals surface area contributed by atoms with Crippen LogP contribution in [0, 0.1) is 5.82 Å². The van der Waals surface area contributed by atoms with E-state index in [4.69, 9.17) is 5.73 Å². The Labute approximate surface area is 106 Å². The average Bonchev–Trinajstić information content (AvgIpc) is 2.40. The van der Waals surface area contributed by atoms with Crippen molar-refractivity contribution in [2.45, 2.75) is 13.1 Å². The smallest absolute Gasteiger partial charge is 0.170 e. The molecule has 0 aliphatic carbocycles.